The summed E-state index contributed by atoms with van der Waals surface area (Å²) in [6.45, 7) is 4.36. The standard InChI is InChI=1S/C11H13BrN4O2S/c1-3-16-7-11(13-8(16)2)19(17,18)15-10-6-4-5-9(12)14-10/h4-7H,3H2,1-2H3,(H,14,15). The van der Waals surface area contributed by atoms with Crippen molar-refractivity contribution in [3.8, 4) is 0 Å². The number of nitrogens with one attached hydrogen (secondary N) is 1. The first-order chi connectivity index (χ1) is 8.92. The van der Waals surface area contributed by atoms with Gasteiger partial charge in [0.25, 0.3) is 10.0 Å². The predicted molar refractivity (Wildman–Crippen MR) is 75.4 cm³/mol. The maximum Gasteiger partial charge on any atom is 0.282 e. The van der Waals surface area contributed by atoms with Gasteiger partial charge in [0.15, 0.2) is 5.03 Å². The van der Waals surface area contributed by atoms with E-state index in [-0.39, 0.29) is 10.8 Å². The minimum atomic E-state index is -3.71. The molecule has 8 heteroatoms. The maximum absolute atomic E-state index is 12.2. The number of aromatic nitrogens is 3. The average molecular weight is 345 g/mol. The Kier molecular flexibility index (Phi) is 3.91. The van der Waals surface area contributed by atoms with Crippen LogP contribution in [0.4, 0.5) is 5.82 Å². The highest BCUT2D eigenvalue weighted by Crippen LogP contribution is 2.16. The molecule has 0 aliphatic carbocycles. The number of hydrogen-bond donors (Lipinski definition) is 1. The van der Waals surface area contributed by atoms with E-state index >= 15 is 0 Å². The van der Waals surface area contributed by atoms with E-state index in [1.807, 2.05) is 6.92 Å². The number of hydrogen-bond acceptors (Lipinski definition) is 4. The minimum absolute atomic E-state index is 0.00590. The zero-order chi connectivity index (χ0) is 14.0. The van der Waals surface area contributed by atoms with Crippen LogP contribution in [0.2, 0.25) is 0 Å². The third kappa shape index (κ3) is 3.13. The van der Waals surface area contributed by atoms with Crippen LogP contribution in [-0.4, -0.2) is 23.0 Å². The highest BCUT2D eigenvalue weighted by molar-refractivity contribution is 9.10. The largest absolute Gasteiger partial charge is 0.334 e. The Labute approximate surface area is 120 Å². The van der Waals surface area contributed by atoms with E-state index in [4.69, 9.17) is 0 Å². The number of halogens is 1. The Morgan fingerprint density at radius 2 is 2.11 bits per heavy atom. The van der Waals surface area contributed by atoms with Gasteiger partial charge in [-0.2, -0.15) is 8.42 Å². The van der Waals surface area contributed by atoms with Crippen molar-refractivity contribution in [2.75, 3.05) is 4.72 Å². The smallest absolute Gasteiger partial charge is 0.282 e. The summed E-state index contributed by atoms with van der Waals surface area (Å²) in [5, 5.41) is -0.00590. The maximum atomic E-state index is 12.2. The fourth-order valence-electron chi connectivity index (χ4n) is 1.58. The summed E-state index contributed by atoms with van der Waals surface area (Å²) >= 11 is 3.19. The topological polar surface area (TPSA) is 76.9 Å². The molecule has 102 valence electrons. The van der Waals surface area contributed by atoms with E-state index in [0.717, 1.165) is 0 Å². The van der Waals surface area contributed by atoms with Gasteiger partial charge >= 0.3 is 0 Å². The molecule has 2 heterocycles. The summed E-state index contributed by atoms with van der Waals surface area (Å²) in [5.74, 6) is 0.906. The van der Waals surface area contributed by atoms with Crippen molar-refractivity contribution < 1.29 is 8.42 Å². The van der Waals surface area contributed by atoms with Crippen LogP contribution in [0, 0.1) is 6.92 Å². The van der Waals surface area contributed by atoms with Crippen LogP contribution in [0.1, 0.15) is 12.7 Å². The first-order valence-electron chi connectivity index (χ1n) is 5.61. The first-order valence-corrected chi connectivity index (χ1v) is 7.89. The van der Waals surface area contributed by atoms with Crippen molar-refractivity contribution in [2.24, 2.45) is 0 Å². The molecule has 0 spiro atoms. The van der Waals surface area contributed by atoms with Crippen LogP contribution in [0.5, 0.6) is 0 Å². The van der Waals surface area contributed by atoms with Crippen molar-refractivity contribution in [3.05, 3.63) is 34.8 Å². The van der Waals surface area contributed by atoms with E-state index < -0.39 is 10.0 Å². The third-order valence-electron chi connectivity index (χ3n) is 2.52. The summed E-state index contributed by atoms with van der Waals surface area (Å²) < 4.78 is 29.0. The molecule has 0 saturated carbocycles. The van der Waals surface area contributed by atoms with Gasteiger partial charge < -0.3 is 4.57 Å². The lowest BCUT2D eigenvalue weighted by molar-refractivity contribution is 0.597. The second-order valence-corrected chi connectivity index (χ2v) is 6.31. The Hall–Kier alpha value is -1.41. The number of aryl methyl sites for hydroxylation is 2. The summed E-state index contributed by atoms with van der Waals surface area (Å²) in [4.78, 5) is 8.07. The Bertz CT molecular complexity index is 696. The molecule has 2 aromatic heterocycles. The molecule has 0 atom stereocenters. The summed E-state index contributed by atoms with van der Waals surface area (Å²) in [7, 11) is -3.71. The number of rotatable bonds is 4. The Balaban J connectivity index is 2.32. The molecule has 19 heavy (non-hydrogen) atoms. The van der Waals surface area contributed by atoms with Crippen LogP contribution < -0.4 is 4.72 Å². The molecule has 0 unspecified atom stereocenters. The molecule has 0 aromatic carbocycles. The average Bonchev–Trinajstić information content (AvgIpc) is 2.71. The molecule has 2 rings (SSSR count). The van der Waals surface area contributed by atoms with E-state index in [0.29, 0.717) is 17.0 Å². The van der Waals surface area contributed by atoms with Crippen LogP contribution in [0.15, 0.2) is 34.0 Å². The number of sulfonamides is 1. The summed E-state index contributed by atoms with van der Waals surface area (Å²) in [5.41, 5.74) is 0. The normalized spacial score (nSPS) is 11.5. The molecule has 0 fully saturated rings. The molecule has 0 radical (unpaired) electrons. The SMILES string of the molecule is CCn1cc(S(=O)(=O)Nc2cccc(Br)n2)nc1C. The molecule has 2 aromatic rings. The highest BCUT2D eigenvalue weighted by atomic mass is 79.9. The second-order valence-electron chi connectivity index (χ2n) is 3.86. The van der Waals surface area contributed by atoms with Gasteiger partial charge in [-0.05, 0) is 41.9 Å². The highest BCUT2D eigenvalue weighted by Gasteiger charge is 2.19. The van der Waals surface area contributed by atoms with E-state index in [1.165, 1.54) is 6.20 Å². The van der Waals surface area contributed by atoms with Gasteiger partial charge in [0.1, 0.15) is 16.2 Å². The molecule has 6 nitrogen and oxygen atoms in total. The van der Waals surface area contributed by atoms with Gasteiger partial charge in [-0.25, -0.2) is 9.97 Å². The monoisotopic (exact) mass is 344 g/mol. The lowest BCUT2D eigenvalue weighted by Gasteiger charge is -2.04. The molecule has 0 aliphatic rings. The van der Waals surface area contributed by atoms with Gasteiger partial charge in [0, 0.05) is 12.7 Å². The van der Waals surface area contributed by atoms with Gasteiger partial charge in [0.05, 0.1) is 0 Å². The Morgan fingerprint density at radius 3 is 2.68 bits per heavy atom. The van der Waals surface area contributed by atoms with Crippen molar-refractivity contribution in [2.45, 2.75) is 25.4 Å². The predicted octanol–water partition coefficient (Wildman–Crippen LogP) is 2.17. The molecule has 0 bridgehead atoms. The fourth-order valence-corrected chi connectivity index (χ4v) is 2.94. The van der Waals surface area contributed by atoms with Crippen molar-refractivity contribution in [3.63, 3.8) is 0 Å². The zero-order valence-corrected chi connectivity index (χ0v) is 12.9. The molecule has 0 amide bonds. The molecule has 0 saturated heterocycles. The number of anilines is 1. The van der Waals surface area contributed by atoms with Gasteiger partial charge in [-0.15, -0.1) is 0 Å². The van der Waals surface area contributed by atoms with Gasteiger partial charge in [0.2, 0.25) is 0 Å². The Morgan fingerprint density at radius 1 is 1.37 bits per heavy atom. The van der Waals surface area contributed by atoms with Crippen molar-refractivity contribution in [1.29, 1.82) is 0 Å². The van der Waals surface area contributed by atoms with Crippen LogP contribution in [0.3, 0.4) is 0 Å². The summed E-state index contributed by atoms with van der Waals surface area (Å²) in [6.07, 6.45) is 1.51. The molecule has 0 aliphatic heterocycles. The second kappa shape index (κ2) is 5.30. The van der Waals surface area contributed by atoms with Crippen LogP contribution in [0.25, 0.3) is 0 Å². The van der Waals surface area contributed by atoms with E-state index in [9.17, 15) is 8.42 Å². The molecule has 1 N–H and O–H groups in total. The molecular formula is C11H13BrN4O2S. The van der Waals surface area contributed by atoms with E-state index in [2.05, 4.69) is 30.6 Å². The van der Waals surface area contributed by atoms with Gasteiger partial charge in [-0.3, -0.25) is 4.72 Å². The summed E-state index contributed by atoms with van der Waals surface area (Å²) in [6, 6.07) is 4.99. The van der Waals surface area contributed by atoms with Crippen molar-refractivity contribution >= 4 is 31.8 Å². The zero-order valence-electron chi connectivity index (χ0n) is 10.5. The van der Waals surface area contributed by atoms with Crippen LogP contribution in [-0.2, 0) is 16.6 Å². The number of nitrogens with zero attached hydrogens (tertiary/aromatic N) is 3. The third-order valence-corrected chi connectivity index (χ3v) is 4.19. The van der Waals surface area contributed by atoms with E-state index in [1.54, 1.807) is 29.7 Å². The minimum Gasteiger partial charge on any atom is -0.334 e. The van der Waals surface area contributed by atoms with Gasteiger partial charge in [-0.1, -0.05) is 6.07 Å². The number of imidazole rings is 1. The first kappa shape index (κ1) is 14.0. The lowest BCUT2D eigenvalue weighted by atomic mass is 10.5. The quantitative estimate of drug-likeness (QED) is 0.862. The molecular weight excluding hydrogens is 332 g/mol. The fraction of sp³-hybridized carbons (Fsp3) is 0.273. The lowest BCUT2D eigenvalue weighted by Crippen LogP contribution is -2.14. The van der Waals surface area contributed by atoms with Crippen LogP contribution >= 0.6 is 15.9 Å². The number of pyridine rings is 1. The van der Waals surface area contributed by atoms with Crippen molar-refractivity contribution in [1.82, 2.24) is 14.5 Å².